The van der Waals surface area contributed by atoms with E-state index in [4.69, 9.17) is 0 Å². The second-order valence-corrected chi connectivity index (χ2v) is 4.07. The predicted molar refractivity (Wildman–Crippen MR) is 60.7 cm³/mol. The van der Waals surface area contributed by atoms with Gasteiger partial charge in [-0.3, -0.25) is 4.79 Å². The maximum atomic E-state index is 13.3. The topological polar surface area (TPSA) is 32.3 Å². The highest BCUT2D eigenvalue weighted by Crippen LogP contribution is 2.15. The molecule has 0 saturated carbocycles. The second-order valence-electron chi connectivity index (χ2n) is 4.07. The molecule has 1 heterocycles. The summed E-state index contributed by atoms with van der Waals surface area (Å²) in [4.78, 5) is 13.4. The van der Waals surface area contributed by atoms with Crippen molar-refractivity contribution in [3.63, 3.8) is 0 Å². The van der Waals surface area contributed by atoms with Gasteiger partial charge in [-0.05, 0) is 25.0 Å². The number of nitrogens with one attached hydrogen (secondary N) is 1. The molecule has 17 heavy (non-hydrogen) atoms. The molecule has 0 atom stereocenters. The highest BCUT2D eigenvalue weighted by Gasteiger charge is 2.17. The number of halogens is 2. The number of hydrogen-bond donors (Lipinski definition) is 1. The highest BCUT2D eigenvalue weighted by atomic mass is 19.1. The molecule has 0 radical (unpaired) electrons. The summed E-state index contributed by atoms with van der Waals surface area (Å²) in [5, 5.41) is 2.68. The lowest BCUT2D eigenvalue weighted by Crippen LogP contribution is -2.33. The molecule has 0 aliphatic carbocycles. The fraction of sp³-hybridized carbons (Fsp3) is 0.417. The molecule has 3 nitrogen and oxygen atoms in total. The molecule has 0 aromatic heterocycles. The normalized spacial score (nSPS) is 15.1. The van der Waals surface area contributed by atoms with Crippen LogP contribution in [-0.2, 0) is 4.79 Å². The Balaban J connectivity index is 1.90. The van der Waals surface area contributed by atoms with Crippen LogP contribution < -0.4 is 5.32 Å². The molecule has 1 N–H and O–H groups in total. The van der Waals surface area contributed by atoms with Crippen molar-refractivity contribution in [1.29, 1.82) is 0 Å². The zero-order chi connectivity index (χ0) is 12.3. The van der Waals surface area contributed by atoms with Gasteiger partial charge in [-0.2, -0.15) is 0 Å². The van der Waals surface area contributed by atoms with E-state index in [2.05, 4.69) is 5.32 Å². The monoisotopic (exact) mass is 240 g/mol. The Kier molecular flexibility index (Phi) is 3.56. The Morgan fingerprint density at radius 2 is 2.00 bits per heavy atom. The van der Waals surface area contributed by atoms with Crippen molar-refractivity contribution in [2.45, 2.75) is 12.8 Å². The molecular formula is C12H14F2N2O. The molecular weight excluding hydrogens is 226 g/mol. The molecule has 1 aromatic carbocycles. The number of benzene rings is 1. The Morgan fingerprint density at radius 3 is 2.65 bits per heavy atom. The van der Waals surface area contributed by atoms with Crippen LogP contribution in [0.5, 0.6) is 0 Å². The molecule has 1 aromatic rings. The molecule has 5 heteroatoms. The van der Waals surface area contributed by atoms with Gasteiger partial charge in [-0.1, -0.05) is 0 Å². The average Bonchev–Trinajstić information content (AvgIpc) is 2.81. The van der Waals surface area contributed by atoms with Crippen LogP contribution in [0, 0.1) is 11.6 Å². The van der Waals surface area contributed by atoms with Crippen LogP contribution in [0.3, 0.4) is 0 Å². The van der Waals surface area contributed by atoms with Gasteiger partial charge in [-0.25, -0.2) is 8.78 Å². The second kappa shape index (κ2) is 5.12. The van der Waals surface area contributed by atoms with Crippen LogP contribution in [-0.4, -0.2) is 30.4 Å². The number of hydrogen-bond acceptors (Lipinski definition) is 2. The van der Waals surface area contributed by atoms with Gasteiger partial charge in [0.25, 0.3) is 0 Å². The number of carbonyl (C=O) groups excluding carboxylic acids is 1. The first-order valence-corrected chi connectivity index (χ1v) is 5.63. The minimum atomic E-state index is -0.681. The molecule has 2 rings (SSSR count). The summed E-state index contributed by atoms with van der Waals surface area (Å²) in [6.45, 7) is 1.58. The third kappa shape index (κ3) is 2.93. The van der Waals surface area contributed by atoms with Gasteiger partial charge in [0.05, 0.1) is 12.2 Å². The largest absolute Gasteiger partial charge is 0.374 e. The van der Waals surface area contributed by atoms with Crippen LogP contribution in [0.2, 0.25) is 0 Å². The summed E-state index contributed by atoms with van der Waals surface area (Å²) >= 11 is 0. The van der Waals surface area contributed by atoms with Crippen LogP contribution in [0.1, 0.15) is 12.8 Å². The summed E-state index contributed by atoms with van der Waals surface area (Å²) in [5.74, 6) is -1.36. The summed E-state index contributed by atoms with van der Waals surface area (Å²) < 4.78 is 25.9. The van der Waals surface area contributed by atoms with Crippen molar-refractivity contribution in [2.24, 2.45) is 0 Å². The molecule has 1 saturated heterocycles. The number of rotatable bonds is 3. The summed E-state index contributed by atoms with van der Waals surface area (Å²) in [6.07, 6.45) is 2.05. The average molecular weight is 240 g/mol. The summed E-state index contributed by atoms with van der Waals surface area (Å²) in [5.41, 5.74) is 0.152. The predicted octanol–water partition coefficient (Wildman–Crippen LogP) is 2.00. The van der Waals surface area contributed by atoms with Crippen molar-refractivity contribution in [1.82, 2.24) is 4.90 Å². The van der Waals surface area contributed by atoms with Crippen molar-refractivity contribution in [3.05, 3.63) is 29.8 Å². The van der Waals surface area contributed by atoms with Gasteiger partial charge in [0.1, 0.15) is 11.6 Å². The van der Waals surface area contributed by atoms with Gasteiger partial charge in [0.2, 0.25) is 5.91 Å². The Labute approximate surface area is 98.4 Å². The maximum absolute atomic E-state index is 13.3. The van der Waals surface area contributed by atoms with Crippen molar-refractivity contribution >= 4 is 11.6 Å². The van der Waals surface area contributed by atoms with Crippen molar-refractivity contribution < 1.29 is 13.6 Å². The van der Waals surface area contributed by atoms with E-state index in [0.29, 0.717) is 0 Å². The zero-order valence-corrected chi connectivity index (χ0v) is 9.38. The number of likely N-dealkylation sites (tertiary alicyclic amines) is 1. The van der Waals surface area contributed by atoms with Gasteiger partial charge >= 0.3 is 0 Å². The Hall–Kier alpha value is -1.65. The summed E-state index contributed by atoms with van der Waals surface area (Å²) in [6, 6.07) is 3.25. The first kappa shape index (κ1) is 11.8. The van der Waals surface area contributed by atoms with Gasteiger partial charge < -0.3 is 10.2 Å². The van der Waals surface area contributed by atoms with Crippen molar-refractivity contribution in [2.75, 3.05) is 25.0 Å². The standard InChI is InChI=1S/C12H14F2N2O/c13-9-3-4-11(10(14)7-9)15-8-12(17)16-5-1-2-6-16/h3-4,7,15H,1-2,5-6,8H2. The number of amides is 1. The van der Waals surface area contributed by atoms with E-state index >= 15 is 0 Å². The Bertz CT molecular complexity index is 417. The van der Waals surface area contributed by atoms with Crippen LogP contribution in [0.25, 0.3) is 0 Å². The van der Waals surface area contributed by atoms with E-state index in [1.165, 1.54) is 6.07 Å². The first-order valence-electron chi connectivity index (χ1n) is 5.63. The lowest BCUT2D eigenvalue weighted by Gasteiger charge is -2.16. The van der Waals surface area contributed by atoms with Crippen molar-refractivity contribution in [3.8, 4) is 0 Å². The smallest absolute Gasteiger partial charge is 0.241 e. The molecule has 1 fully saturated rings. The van der Waals surface area contributed by atoms with Crippen LogP contribution >= 0.6 is 0 Å². The van der Waals surface area contributed by atoms with E-state index in [1.54, 1.807) is 4.90 Å². The fourth-order valence-corrected chi connectivity index (χ4v) is 1.88. The molecule has 0 spiro atoms. The number of nitrogens with zero attached hydrogens (tertiary/aromatic N) is 1. The van der Waals surface area contributed by atoms with E-state index in [0.717, 1.165) is 38.1 Å². The maximum Gasteiger partial charge on any atom is 0.241 e. The van der Waals surface area contributed by atoms with Gasteiger partial charge in [0.15, 0.2) is 0 Å². The van der Waals surface area contributed by atoms with E-state index in [9.17, 15) is 13.6 Å². The molecule has 1 aliphatic heterocycles. The molecule has 92 valence electrons. The minimum absolute atomic E-state index is 0.0442. The van der Waals surface area contributed by atoms with Crippen LogP contribution in [0.15, 0.2) is 18.2 Å². The Morgan fingerprint density at radius 1 is 1.29 bits per heavy atom. The third-order valence-electron chi connectivity index (χ3n) is 2.82. The minimum Gasteiger partial charge on any atom is -0.374 e. The highest BCUT2D eigenvalue weighted by molar-refractivity contribution is 5.81. The lowest BCUT2D eigenvalue weighted by molar-refractivity contribution is -0.128. The van der Waals surface area contributed by atoms with Crippen LogP contribution in [0.4, 0.5) is 14.5 Å². The van der Waals surface area contributed by atoms with Gasteiger partial charge in [-0.15, -0.1) is 0 Å². The van der Waals surface area contributed by atoms with E-state index in [-0.39, 0.29) is 18.1 Å². The quantitative estimate of drug-likeness (QED) is 0.876. The van der Waals surface area contributed by atoms with Gasteiger partial charge in [0, 0.05) is 19.2 Å². The molecule has 0 unspecified atom stereocenters. The fourth-order valence-electron chi connectivity index (χ4n) is 1.88. The molecule has 1 amide bonds. The molecule has 0 bridgehead atoms. The van der Waals surface area contributed by atoms with E-state index in [1.807, 2.05) is 0 Å². The lowest BCUT2D eigenvalue weighted by atomic mass is 10.3. The molecule has 1 aliphatic rings. The zero-order valence-electron chi connectivity index (χ0n) is 9.38. The number of carbonyl (C=O) groups is 1. The summed E-state index contributed by atoms with van der Waals surface area (Å²) in [7, 11) is 0. The third-order valence-corrected chi connectivity index (χ3v) is 2.82. The first-order chi connectivity index (χ1) is 8.16. The SMILES string of the molecule is O=C(CNc1ccc(F)cc1F)N1CCCC1. The number of anilines is 1. The van der Waals surface area contributed by atoms with E-state index < -0.39 is 11.6 Å².